The quantitative estimate of drug-likeness (QED) is 0.899. The molecule has 0 bridgehead atoms. The van der Waals surface area contributed by atoms with Crippen LogP contribution in [0.1, 0.15) is 32.7 Å². The van der Waals surface area contributed by atoms with Crippen LogP contribution in [0.15, 0.2) is 12.3 Å². The van der Waals surface area contributed by atoms with Gasteiger partial charge in [-0.3, -0.25) is 4.79 Å². The van der Waals surface area contributed by atoms with Gasteiger partial charge in [-0.05, 0) is 26.7 Å². The third kappa shape index (κ3) is 2.61. The topological polar surface area (TPSA) is 79.9 Å². The van der Waals surface area contributed by atoms with E-state index in [1.165, 1.54) is 0 Å². The highest BCUT2D eigenvalue weighted by molar-refractivity contribution is 5.96. The van der Waals surface area contributed by atoms with Crippen LogP contribution >= 0.6 is 0 Å². The van der Waals surface area contributed by atoms with E-state index in [2.05, 4.69) is 16.5 Å². The molecule has 6 heteroatoms. The molecule has 1 aliphatic heterocycles. The van der Waals surface area contributed by atoms with Gasteiger partial charge in [-0.15, -0.1) is 0 Å². The van der Waals surface area contributed by atoms with Gasteiger partial charge < -0.3 is 10.1 Å². The largest absolute Gasteiger partial charge is 0.381 e. The number of aromatic nitrogens is 2. The molecule has 1 aromatic heterocycles. The Labute approximate surface area is 112 Å². The Morgan fingerprint density at radius 3 is 2.84 bits per heavy atom. The summed E-state index contributed by atoms with van der Waals surface area (Å²) in [5, 5.41) is 16.3. The lowest BCUT2D eigenvalue weighted by Crippen LogP contribution is -2.40. The Morgan fingerprint density at radius 1 is 1.58 bits per heavy atom. The molecule has 6 nitrogen and oxygen atoms in total. The summed E-state index contributed by atoms with van der Waals surface area (Å²) in [6.45, 7) is 4.86. The lowest BCUT2D eigenvalue weighted by molar-refractivity contribution is -0.126. The Hall–Kier alpha value is -1.87. The molecule has 0 spiro atoms. The van der Waals surface area contributed by atoms with E-state index in [-0.39, 0.29) is 11.9 Å². The van der Waals surface area contributed by atoms with Gasteiger partial charge in [0.2, 0.25) is 5.91 Å². The second-order valence-corrected chi connectivity index (χ2v) is 5.02. The zero-order valence-electron chi connectivity index (χ0n) is 11.2. The van der Waals surface area contributed by atoms with E-state index in [4.69, 9.17) is 4.74 Å². The van der Waals surface area contributed by atoms with Gasteiger partial charge in [-0.2, -0.15) is 10.4 Å². The van der Waals surface area contributed by atoms with Crippen molar-refractivity contribution < 1.29 is 9.53 Å². The van der Waals surface area contributed by atoms with Crippen LogP contribution in [-0.2, 0) is 9.53 Å². The highest BCUT2D eigenvalue weighted by Gasteiger charge is 2.40. The van der Waals surface area contributed by atoms with E-state index >= 15 is 0 Å². The summed E-state index contributed by atoms with van der Waals surface area (Å²) in [4.78, 5) is 12.4. The Morgan fingerprint density at radius 2 is 2.26 bits per heavy atom. The first-order valence-electron chi connectivity index (χ1n) is 6.43. The number of nitrogens with one attached hydrogen (secondary N) is 1. The fourth-order valence-corrected chi connectivity index (χ4v) is 2.17. The molecule has 2 rings (SSSR count). The van der Waals surface area contributed by atoms with Gasteiger partial charge in [0.1, 0.15) is 11.2 Å². The highest BCUT2D eigenvalue weighted by atomic mass is 16.5. The third-order valence-electron chi connectivity index (χ3n) is 3.40. The van der Waals surface area contributed by atoms with Gasteiger partial charge in [-0.1, -0.05) is 0 Å². The molecule has 1 aromatic rings. The Kier molecular flexibility index (Phi) is 3.86. The van der Waals surface area contributed by atoms with Crippen molar-refractivity contribution in [2.75, 3.05) is 18.5 Å². The van der Waals surface area contributed by atoms with E-state index in [0.29, 0.717) is 31.9 Å². The van der Waals surface area contributed by atoms with Crippen LogP contribution < -0.4 is 5.32 Å². The molecule has 1 fully saturated rings. The van der Waals surface area contributed by atoms with Crippen molar-refractivity contribution in [1.29, 1.82) is 5.26 Å². The zero-order chi connectivity index (χ0) is 13.9. The second kappa shape index (κ2) is 5.41. The summed E-state index contributed by atoms with van der Waals surface area (Å²) in [5.41, 5.74) is -0.982. The molecule has 0 atom stereocenters. The molecule has 0 aliphatic carbocycles. The van der Waals surface area contributed by atoms with Gasteiger partial charge >= 0.3 is 0 Å². The minimum Gasteiger partial charge on any atom is -0.381 e. The van der Waals surface area contributed by atoms with Crippen LogP contribution in [0, 0.1) is 16.7 Å². The van der Waals surface area contributed by atoms with E-state index < -0.39 is 5.41 Å². The summed E-state index contributed by atoms with van der Waals surface area (Å²) in [6.07, 6.45) is 2.51. The van der Waals surface area contributed by atoms with Crippen molar-refractivity contribution in [3.05, 3.63) is 12.3 Å². The minimum absolute atomic E-state index is 0.151. The summed E-state index contributed by atoms with van der Waals surface area (Å²) < 4.78 is 6.95. The lowest BCUT2D eigenvalue weighted by Gasteiger charge is -2.29. The van der Waals surface area contributed by atoms with Crippen molar-refractivity contribution in [1.82, 2.24) is 9.78 Å². The van der Waals surface area contributed by atoms with E-state index in [9.17, 15) is 10.1 Å². The zero-order valence-corrected chi connectivity index (χ0v) is 11.2. The number of carbonyl (C=O) groups excluding carboxylic acids is 1. The summed E-state index contributed by atoms with van der Waals surface area (Å²) in [6, 6.07) is 4.05. The number of hydrogen-bond donors (Lipinski definition) is 1. The van der Waals surface area contributed by atoms with Crippen molar-refractivity contribution in [2.24, 2.45) is 5.41 Å². The van der Waals surface area contributed by atoms with E-state index in [1.54, 1.807) is 16.9 Å². The fraction of sp³-hybridized carbons (Fsp3) is 0.615. The Balaban J connectivity index is 2.16. The highest BCUT2D eigenvalue weighted by Crippen LogP contribution is 2.31. The van der Waals surface area contributed by atoms with Crippen molar-refractivity contribution in [2.45, 2.75) is 32.7 Å². The average Bonchev–Trinajstić information content (AvgIpc) is 2.87. The standard InChI is InChI=1S/C13H18N4O2/c1-10(2)17-11(3-6-15-17)16-12(18)13(9-14)4-7-19-8-5-13/h3,6,10H,4-5,7-8H2,1-2H3,(H,16,18). The molecule has 19 heavy (non-hydrogen) atoms. The summed E-state index contributed by atoms with van der Waals surface area (Å²) in [5.74, 6) is 0.363. The number of anilines is 1. The van der Waals surface area contributed by atoms with Crippen LogP contribution in [0.2, 0.25) is 0 Å². The summed E-state index contributed by atoms with van der Waals surface area (Å²) >= 11 is 0. The predicted molar refractivity (Wildman–Crippen MR) is 69.3 cm³/mol. The number of hydrogen-bond acceptors (Lipinski definition) is 4. The molecule has 0 unspecified atom stereocenters. The third-order valence-corrected chi connectivity index (χ3v) is 3.40. The minimum atomic E-state index is -0.982. The number of amides is 1. The predicted octanol–water partition coefficient (Wildman–Crippen LogP) is 1.72. The van der Waals surface area contributed by atoms with Crippen molar-refractivity contribution in [3.8, 4) is 6.07 Å². The molecule has 102 valence electrons. The average molecular weight is 262 g/mol. The first-order valence-corrected chi connectivity index (χ1v) is 6.43. The maximum Gasteiger partial charge on any atom is 0.246 e. The molecule has 0 radical (unpaired) electrons. The number of ether oxygens (including phenoxy) is 1. The van der Waals surface area contributed by atoms with E-state index in [1.807, 2.05) is 13.8 Å². The Bertz CT molecular complexity index is 495. The molecule has 1 N–H and O–H groups in total. The number of nitrogens with zero attached hydrogens (tertiary/aromatic N) is 3. The molecule has 0 saturated carbocycles. The first kappa shape index (κ1) is 13.6. The SMILES string of the molecule is CC(C)n1nccc1NC(=O)C1(C#N)CCOCC1. The van der Waals surface area contributed by atoms with Crippen molar-refractivity contribution >= 4 is 11.7 Å². The smallest absolute Gasteiger partial charge is 0.246 e. The first-order chi connectivity index (χ1) is 9.09. The maximum absolute atomic E-state index is 12.4. The number of carbonyl (C=O) groups is 1. The molecule has 2 heterocycles. The molecular formula is C13H18N4O2. The normalized spacial score (nSPS) is 18.0. The van der Waals surface area contributed by atoms with Gasteiger partial charge in [0, 0.05) is 25.3 Å². The van der Waals surface area contributed by atoms with E-state index in [0.717, 1.165) is 0 Å². The molecule has 1 aliphatic rings. The molecule has 1 amide bonds. The van der Waals surface area contributed by atoms with Crippen LogP contribution in [0.3, 0.4) is 0 Å². The monoisotopic (exact) mass is 262 g/mol. The summed E-state index contributed by atoms with van der Waals surface area (Å²) in [7, 11) is 0. The lowest BCUT2D eigenvalue weighted by atomic mass is 9.81. The number of rotatable bonds is 3. The number of nitriles is 1. The van der Waals surface area contributed by atoms with Crippen LogP contribution in [0.5, 0.6) is 0 Å². The molecule has 0 aromatic carbocycles. The maximum atomic E-state index is 12.4. The van der Waals surface area contributed by atoms with Gasteiger partial charge in [0.25, 0.3) is 0 Å². The molecule has 1 saturated heterocycles. The van der Waals surface area contributed by atoms with Crippen molar-refractivity contribution in [3.63, 3.8) is 0 Å². The van der Waals surface area contributed by atoms with Gasteiger partial charge in [0.05, 0.1) is 12.3 Å². The fourth-order valence-electron chi connectivity index (χ4n) is 2.17. The van der Waals surface area contributed by atoms with Gasteiger partial charge in [0.15, 0.2) is 0 Å². The van der Waals surface area contributed by atoms with Gasteiger partial charge in [-0.25, -0.2) is 4.68 Å². The van der Waals surface area contributed by atoms with Crippen LogP contribution in [-0.4, -0.2) is 28.9 Å². The molecular weight excluding hydrogens is 244 g/mol. The van der Waals surface area contributed by atoms with Crippen LogP contribution in [0.4, 0.5) is 5.82 Å². The van der Waals surface area contributed by atoms with Crippen LogP contribution in [0.25, 0.3) is 0 Å². The second-order valence-electron chi connectivity index (χ2n) is 5.02.